The van der Waals surface area contributed by atoms with Gasteiger partial charge in [0.05, 0.1) is 5.60 Å². The van der Waals surface area contributed by atoms with Crippen molar-refractivity contribution < 1.29 is 14.6 Å². The molecule has 0 aromatic heterocycles. The molecule has 1 aliphatic rings. The summed E-state index contributed by atoms with van der Waals surface area (Å²) in [6, 6.07) is 0. The average Bonchev–Trinajstić information content (AvgIpc) is 2.34. The van der Waals surface area contributed by atoms with Gasteiger partial charge in [0.25, 0.3) is 0 Å². The predicted octanol–water partition coefficient (Wildman–Crippen LogP) is 3.23. The fourth-order valence-electron chi connectivity index (χ4n) is 2.44. The number of nitrogens with one attached hydrogen (secondary N) is 1. The van der Waals surface area contributed by atoms with Crippen molar-refractivity contribution in [2.75, 3.05) is 6.54 Å². The molecule has 1 atom stereocenters. The Hall–Kier alpha value is -0.770. The van der Waals surface area contributed by atoms with Gasteiger partial charge in [0.2, 0.25) is 0 Å². The lowest BCUT2D eigenvalue weighted by molar-refractivity contribution is 0.0125. The van der Waals surface area contributed by atoms with Gasteiger partial charge in [0.15, 0.2) is 0 Å². The number of amides is 1. The number of aliphatic hydroxyl groups is 1. The lowest BCUT2D eigenvalue weighted by Gasteiger charge is -2.29. The van der Waals surface area contributed by atoms with Crippen molar-refractivity contribution in [2.24, 2.45) is 5.41 Å². The van der Waals surface area contributed by atoms with Crippen molar-refractivity contribution in [1.29, 1.82) is 0 Å². The van der Waals surface area contributed by atoms with Crippen LogP contribution < -0.4 is 5.32 Å². The summed E-state index contributed by atoms with van der Waals surface area (Å²) in [7, 11) is 0. The van der Waals surface area contributed by atoms with E-state index in [9.17, 15) is 9.90 Å². The molecule has 0 saturated heterocycles. The van der Waals surface area contributed by atoms with Gasteiger partial charge in [0.1, 0.15) is 5.60 Å². The van der Waals surface area contributed by atoms with E-state index in [2.05, 4.69) is 19.2 Å². The first kappa shape index (κ1) is 16.3. The minimum Gasteiger partial charge on any atom is -0.444 e. The highest BCUT2D eigenvalue weighted by molar-refractivity contribution is 5.67. The number of carbonyl (C=O) groups is 1. The smallest absolute Gasteiger partial charge is 0.407 e. The van der Waals surface area contributed by atoms with Crippen molar-refractivity contribution in [2.45, 2.75) is 77.9 Å². The fraction of sp³-hybridized carbons (Fsp3) is 0.933. The summed E-state index contributed by atoms with van der Waals surface area (Å²) >= 11 is 0. The third-order valence-electron chi connectivity index (χ3n) is 3.72. The number of hydrogen-bond acceptors (Lipinski definition) is 3. The van der Waals surface area contributed by atoms with Crippen LogP contribution in [0.15, 0.2) is 0 Å². The van der Waals surface area contributed by atoms with Gasteiger partial charge in [-0.05, 0) is 58.3 Å². The van der Waals surface area contributed by atoms with Crippen molar-refractivity contribution in [3.8, 4) is 0 Å². The zero-order valence-electron chi connectivity index (χ0n) is 13.0. The summed E-state index contributed by atoms with van der Waals surface area (Å²) in [4.78, 5) is 11.6. The fourth-order valence-corrected chi connectivity index (χ4v) is 2.44. The summed E-state index contributed by atoms with van der Waals surface area (Å²) in [5.41, 5.74) is -1.00. The molecule has 1 unspecified atom stereocenters. The van der Waals surface area contributed by atoms with Gasteiger partial charge in [-0.1, -0.05) is 13.8 Å². The molecule has 0 aliphatic heterocycles. The SMILES string of the molecule is CC1(C)CCCC(O)(CNC(=O)OC(C)(C)C)CC1. The number of rotatable bonds is 2. The van der Waals surface area contributed by atoms with Crippen LogP contribution in [0.5, 0.6) is 0 Å². The quantitative estimate of drug-likeness (QED) is 0.758. The molecule has 0 aromatic carbocycles. The molecule has 0 bridgehead atoms. The molecular weight excluding hydrogens is 242 g/mol. The van der Waals surface area contributed by atoms with Crippen LogP contribution in [0.3, 0.4) is 0 Å². The predicted molar refractivity (Wildman–Crippen MR) is 76.1 cm³/mol. The van der Waals surface area contributed by atoms with E-state index in [1.54, 1.807) is 0 Å². The summed E-state index contributed by atoms with van der Waals surface area (Å²) in [6.45, 7) is 10.2. The zero-order valence-corrected chi connectivity index (χ0v) is 13.0. The Labute approximate surface area is 116 Å². The second-order valence-electron chi connectivity index (χ2n) is 7.60. The molecule has 0 aromatic rings. The van der Waals surface area contributed by atoms with E-state index in [4.69, 9.17) is 4.74 Å². The monoisotopic (exact) mass is 271 g/mol. The molecule has 0 heterocycles. The average molecular weight is 271 g/mol. The van der Waals surface area contributed by atoms with Crippen molar-refractivity contribution in [1.82, 2.24) is 5.32 Å². The number of ether oxygens (including phenoxy) is 1. The first-order valence-electron chi connectivity index (χ1n) is 7.21. The second kappa shape index (κ2) is 5.70. The summed E-state index contributed by atoms with van der Waals surface area (Å²) in [6.07, 6.45) is 4.13. The first-order chi connectivity index (χ1) is 8.52. The molecule has 4 nitrogen and oxygen atoms in total. The van der Waals surface area contributed by atoms with E-state index in [-0.39, 0.29) is 12.0 Å². The molecule has 1 rings (SSSR count). The molecule has 1 amide bonds. The van der Waals surface area contributed by atoms with Gasteiger partial charge >= 0.3 is 6.09 Å². The van der Waals surface area contributed by atoms with Crippen molar-refractivity contribution in [3.05, 3.63) is 0 Å². The standard InChI is InChI=1S/C15H29NO3/c1-13(2,3)19-12(17)16-11-15(18)8-6-7-14(4,5)9-10-15/h18H,6-11H2,1-5H3,(H,16,17). The number of carbonyl (C=O) groups excluding carboxylic acids is 1. The Morgan fingerprint density at radius 3 is 2.42 bits per heavy atom. The van der Waals surface area contributed by atoms with Crippen LogP contribution in [0.4, 0.5) is 4.79 Å². The van der Waals surface area contributed by atoms with Crippen LogP contribution in [0, 0.1) is 5.41 Å². The van der Waals surface area contributed by atoms with Crippen LogP contribution in [-0.4, -0.2) is 28.9 Å². The van der Waals surface area contributed by atoms with Gasteiger partial charge in [0, 0.05) is 6.54 Å². The van der Waals surface area contributed by atoms with Crippen LogP contribution in [0.1, 0.15) is 66.7 Å². The van der Waals surface area contributed by atoms with Gasteiger partial charge in [-0.3, -0.25) is 0 Å². The van der Waals surface area contributed by atoms with E-state index in [1.165, 1.54) is 0 Å². The molecule has 1 saturated carbocycles. The van der Waals surface area contributed by atoms with Crippen molar-refractivity contribution in [3.63, 3.8) is 0 Å². The third-order valence-corrected chi connectivity index (χ3v) is 3.72. The molecular formula is C15H29NO3. The Kier molecular flexibility index (Phi) is 4.88. The number of hydrogen-bond donors (Lipinski definition) is 2. The topological polar surface area (TPSA) is 58.6 Å². The molecule has 0 spiro atoms. The third kappa shape index (κ3) is 6.28. The van der Waals surface area contributed by atoms with Crippen LogP contribution in [-0.2, 0) is 4.74 Å². The minimum absolute atomic E-state index is 0.276. The van der Waals surface area contributed by atoms with E-state index in [0.29, 0.717) is 0 Å². The maximum Gasteiger partial charge on any atom is 0.407 e. The highest BCUT2D eigenvalue weighted by Crippen LogP contribution is 2.37. The largest absolute Gasteiger partial charge is 0.444 e. The Morgan fingerprint density at radius 2 is 1.84 bits per heavy atom. The highest BCUT2D eigenvalue weighted by atomic mass is 16.6. The Bertz CT molecular complexity index is 320. The maximum atomic E-state index is 11.6. The van der Waals surface area contributed by atoms with Gasteiger partial charge in [-0.25, -0.2) is 4.79 Å². The van der Waals surface area contributed by atoms with Crippen molar-refractivity contribution >= 4 is 6.09 Å². The molecule has 4 heteroatoms. The van der Waals surface area contributed by atoms with E-state index in [1.807, 2.05) is 20.8 Å². The van der Waals surface area contributed by atoms with Gasteiger partial charge in [-0.2, -0.15) is 0 Å². The summed E-state index contributed by atoms with van der Waals surface area (Å²) in [5.74, 6) is 0. The normalized spacial score (nSPS) is 27.5. The highest BCUT2D eigenvalue weighted by Gasteiger charge is 2.34. The van der Waals surface area contributed by atoms with E-state index >= 15 is 0 Å². The number of alkyl carbamates (subject to hydrolysis) is 1. The second-order valence-corrected chi connectivity index (χ2v) is 7.60. The van der Waals surface area contributed by atoms with E-state index < -0.39 is 17.3 Å². The first-order valence-corrected chi connectivity index (χ1v) is 7.21. The maximum absolute atomic E-state index is 11.6. The lowest BCUT2D eigenvalue weighted by Crippen LogP contribution is -2.44. The van der Waals surface area contributed by atoms with Crippen LogP contribution >= 0.6 is 0 Å². The molecule has 112 valence electrons. The summed E-state index contributed by atoms with van der Waals surface area (Å²) < 4.78 is 5.18. The molecule has 1 aliphatic carbocycles. The Balaban J connectivity index is 2.45. The Morgan fingerprint density at radius 1 is 1.21 bits per heavy atom. The molecule has 2 N–H and O–H groups in total. The molecule has 1 fully saturated rings. The lowest BCUT2D eigenvalue weighted by atomic mass is 9.84. The van der Waals surface area contributed by atoms with E-state index in [0.717, 1.165) is 32.1 Å². The van der Waals surface area contributed by atoms with Gasteiger partial charge < -0.3 is 15.2 Å². The van der Waals surface area contributed by atoms with Crippen LogP contribution in [0.25, 0.3) is 0 Å². The zero-order chi connectivity index (χ0) is 14.7. The van der Waals surface area contributed by atoms with Crippen LogP contribution in [0.2, 0.25) is 0 Å². The van der Waals surface area contributed by atoms with Gasteiger partial charge in [-0.15, -0.1) is 0 Å². The molecule has 19 heavy (non-hydrogen) atoms. The summed E-state index contributed by atoms with van der Waals surface area (Å²) in [5, 5.41) is 13.3. The minimum atomic E-state index is -0.787. The molecule has 0 radical (unpaired) electrons.